The summed E-state index contributed by atoms with van der Waals surface area (Å²) >= 11 is 0. The zero-order valence-electron chi connectivity index (χ0n) is 13.4. The minimum atomic E-state index is -0.350. The number of benzene rings is 1. The number of amides is 1. The Hall–Kier alpha value is -2.15. The van der Waals surface area contributed by atoms with Crippen molar-refractivity contribution in [1.29, 1.82) is 0 Å². The van der Waals surface area contributed by atoms with Gasteiger partial charge >= 0.3 is 0 Å². The molecule has 0 saturated carbocycles. The first-order chi connectivity index (χ1) is 11.2. The van der Waals surface area contributed by atoms with Gasteiger partial charge in [-0.15, -0.1) is 12.3 Å². The van der Waals surface area contributed by atoms with E-state index in [9.17, 15) is 4.79 Å². The standard InChI is InChI=1S/C19H23N3O/c1-2-3-10-19(21-22-19)11-8-18(23)20-12-9-15-13-16-6-4-5-7-17(16)14-15/h1,4-7,15H,3,8-14H2,(H,20,23). The van der Waals surface area contributed by atoms with E-state index >= 15 is 0 Å². The first-order valence-electron chi connectivity index (χ1n) is 8.42. The topological polar surface area (TPSA) is 53.8 Å². The lowest BCUT2D eigenvalue weighted by Crippen LogP contribution is -2.27. The van der Waals surface area contributed by atoms with Gasteiger partial charge in [0.15, 0.2) is 5.66 Å². The molecule has 1 N–H and O–H groups in total. The van der Waals surface area contributed by atoms with Crippen LogP contribution in [-0.2, 0) is 17.6 Å². The molecule has 1 aromatic rings. The van der Waals surface area contributed by atoms with Crippen molar-refractivity contribution < 1.29 is 4.79 Å². The van der Waals surface area contributed by atoms with Crippen LogP contribution in [0.5, 0.6) is 0 Å². The van der Waals surface area contributed by atoms with Crippen molar-refractivity contribution in [2.24, 2.45) is 16.1 Å². The summed E-state index contributed by atoms with van der Waals surface area (Å²) in [6, 6.07) is 8.64. The molecule has 23 heavy (non-hydrogen) atoms. The lowest BCUT2D eigenvalue weighted by Gasteiger charge is -2.11. The molecule has 0 saturated heterocycles. The number of carbonyl (C=O) groups is 1. The van der Waals surface area contributed by atoms with E-state index in [0.29, 0.717) is 25.2 Å². The summed E-state index contributed by atoms with van der Waals surface area (Å²) in [4.78, 5) is 11.9. The summed E-state index contributed by atoms with van der Waals surface area (Å²) in [6.45, 7) is 0.753. The summed E-state index contributed by atoms with van der Waals surface area (Å²) in [5.41, 5.74) is 2.59. The molecule has 0 spiro atoms. The van der Waals surface area contributed by atoms with Gasteiger partial charge in [0.25, 0.3) is 0 Å². The SMILES string of the molecule is C#CCCC1(CCC(=O)NCCC2Cc3ccccc3C2)N=N1. The number of fused-ring (bicyclic) bond motifs is 1. The van der Waals surface area contributed by atoms with Crippen molar-refractivity contribution in [3.8, 4) is 12.3 Å². The Labute approximate surface area is 137 Å². The number of hydrogen-bond donors (Lipinski definition) is 1. The molecule has 1 aliphatic carbocycles. The van der Waals surface area contributed by atoms with Gasteiger partial charge in [-0.1, -0.05) is 24.3 Å². The Morgan fingerprint density at radius 3 is 2.57 bits per heavy atom. The second kappa shape index (κ2) is 6.95. The van der Waals surface area contributed by atoms with Gasteiger partial charge in [0, 0.05) is 32.2 Å². The van der Waals surface area contributed by atoms with Gasteiger partial charge in [-0.05, 0) is 36.3 Å². The minimum Gasteiger partial charge on any atom is -0.356 e. The molecule has 0 aromatic heterocycles. The Bertz CT molecular complexity index is 613. The molecule has 0 atom stereocenters. The maximum Gasteiger partial charge on any atom is 0.220 e. The summed E-state index contributed by atoms with van der Waals surface area (Å²) in [6.07, 6.45) is 11.2. The number of nitrogens with zero attached hydrogens (tertiary/aromatic N) is 2. The zero-order chi connectivity index (χ0) is 16.1. The van der Waals surface area contributed by atoms with Gasteiger partial charge in [0.2, 0.25) is 5.91 Å². The van der Waals surface area contributed by atoms with Crippen molar-refractivity contribution in [1.82, 2.24) is 5.32 Å². The van der Waals surface area contributed by atoms with Crippen molar-refractivity contribution in [2.45, 2.75) is 50.6 Å². The Morgan fingerprint density at radius 1 is 1.26 bits per heavy atom. The zero-order valence-corrected chi connectivity index (χ0v) is 13.4. The third kappa shape index (κ3) is 4.19. The van der Waals surface area contributed by atoms with Crippen LogP contribution in [0.1, 0.15) is 43.2 Å². The molecule has 0 radical (unpaired) electrons. The van der Waals surface area contributed by atoms with Crippen LogP contribution in [0.2, 0.25) is 0 Å². The molecule has 120 valence electrons. The number of rotatable bonds is 8. The van der Waals surface area contributed by atoms with Crippen molar-refractivity contribution >= 4 is 5.91 Å². The molecule has 1 aromatic carbocycles. The van der Waals surface area contributed by atoms with Gasteiger partial charge in [0.1, 0.15) is 0 Å². The number of carbonyl (C=O) groups excluding carboxylic acids is 1. The lowest BCUT2D eigenvalue weighted by atomic mass is 10.0. The van der Waals surface area contributed by atoms with Crippen LogP contribution in [-0.4, -0.2) is 18.1 Å². The van der Waals surface area contributed by atoms with Crippen LogP contribution < -0.4 is 5.32 Å². The maximum absolute atomic E-state index is 11.9. The van der Waals surface area contributed by atoms with Gasteiger partial charge in [-0.2, -0.15) is 10.2 Å². The van der Waals surface area contributed by atoms with Gasteiger partial charge in [-0.3, -0.25) is 4.79 Å². The molecular formula is C19H23N3O. The molecule has 0 fully saturated rings. The predicted molar refractivity (Wildman–Crippen MR) is 89.9 cm³/mol. The van der Waals surface area contributed by atoms with Crippen molar-refractivity contribution in [3.05, 3.63) is 35.4 Å². The molecule has 2 aliphatic rings. The highest BCUT2D eigenvalue weighted by Gasteiger charge is 2.39. The van der Waals surface area contributed by atoms with E-state index in [-0.39, 0.29) is 11.6 Å². The van der Waals surface area contributed by atoms with Gasteiger partial charge < -0.3 is 5.32 Å². The van der Waals surface area contributed by atoms with E-state index in [1.165, 1.54) is 11.1 Å². The Balaban J connectivity index is 1.31. The van der Waals surface area contributed by atoms with Crippen molar-refractivity contribution in [2.75, 3.05) is 6.54 Å². The highest BCUT2D eigenvalue weighted by molar-refractivity contribution is 5.75. The fraction of sp³-hybridized carbons (Fsp3) is 0.526. The van der Waals surface area contributed by atoms with E-state index < -0.39 is 0 Å². The average molecular weight is 309 g/mol. The van der Waals surface area contributed by atoms with Crippen LogP contribution in [0.25, 0.3) is 0 Å². The molecule has 4 nitrogen and oxygen atoms in total. The summed E-state index contributed by atoms with van der Waals surface area (Å²) in [7, 11) is 0. The molecular weight excluding hydrogens is 286 g/mol. The van der Waals surface area contributed by atoms with Crippen LogP contribution >= 0.6 is 0 Å². The van der Waals surface area contributed by atoms with Gasteiger partial charge in [0.05, 0.1) is 0 Å². The lowest BCUT2D eigenvalue weighted by molar-refractivity contribution is -0.121. The second-order valence-corrected chi connectivity index (χ2v) is 6.57. The summed E-state index contributed by atoms with van der Waals surface area (Å²) < 4.78 is 0. The monoisotopic (exact) mass is 309 g/mol. The predicted octanol–water partition coefficient (Wildman–Crippen LogP) is 3.26. The molecule has 3 rings (SSSR count). The van der Waals surface area contributed by atoms with Crippen LogP contribution in [0.4, 0.5) is 0 Å². The highest BCUT2D eigenvalue weighted by atomic mass is 16.1. The van der Waals surface area contributed by atoms with E-state index in [4.69, 9.17) is 6.42 Å². The highest BCUT2D eigenvalue weighted by Crippen LogP contribution is 2.37. The average Bonchev–Trinajstić information content (AvgIpc) is 3.21. The quantitative estimate of drug-likeness (QED) is 0.736. The molecule has 1 amide bonds. The molecule has 0 bridgehead atoms. The van der Waals surface area contributed by atoms with Crippen LogP contribution in [0.15, 0.2) is 34.5 Å². The third-order valence-corrected chi connectivity index (χ3v) is 4.82. The fourth-order valence-corrected chi connectivity index (χ4v) is 3.34. The smallest absolute Gasteiger partial charge is 0.220 e. The van der Waals surface area contributed by atoms with E-state index in [1.807, 2.05) is 0 Å². The first kappa shape index (κ1) is 15.7. The fourth-order valence-electron chi connectivity index (χ4n) is 3.34. The number of nitrogens with one attached hydrogen (secondary N) is 1. The largest absolute Gasteiger partial charge is 0.356 e. The van der Waals surface area contributed by atoms with E-state index in [1.54, 1.807) is 0 Å². The Kier molecular flexibility index (Phi) is 4.76. The van der Waals surface area contributed by atoms with Crippen molar-refractivity contribution in [3.63, 3.8) is 0 Å². The summed E-state index contributed by atoms with van der Waals surface area (Å²) in [5, 5.41) is 11.1. The minimum absolute atomic E-state index is 0.0953. The Morgan fingerprint density at radius 2 is 1.96 bits per heavy atom. The molecule has 1 heterocycles. The van der Waals surface area contributed by atoms with Crippen LogP contribution in [0, 0.1) is 18.3 Å². The number of terminal acetylenes is 1. The summed E-state index contributed by atoms with van der Waals surface area (Å²) in [5.74, 6) is 3.35. The first-order valence-corrected chi connectivity index (χ1v) is 8.42. The molecule has 4 heteroatoms. The second-order valence-electron chi connectivity index (χ2n) is 6.57. The maximum atomic E-state index is 11.9. The van der Waals surface area contributed by atoms with E-state index in [2.05, 4.69) is 45.7 Å². The van der Waals surface area contributed by atoms with E-state index in [0.717, 1.165) is 32.2 Å². The van der Waals surface area contributed by atoms with Gasteiger partial charge in [-0.25, -0.2) is 0 Å². The van der Waals surface area contributed by atoms with Crippen LogP contribution in [0.3, 0.4) is 0 Å². The molecule has 1 aliphatic heterocycles. The normalized spacial score (nSPS) is 17.5. The molecule has 0 unspecified atom stereocenters. The number of hydrogen-bond acceptors (Lipinski definition) is 3. The third-order valence-electron chi connectivity index (χ3n) is 4.82.